The molecule has 1 N–H and O–H groups in total. The van der Waals surface area contributed by atoms with Gasteiger partial charge in [-0.15, -0.1) is 0 Å². The highest BCUT2D eigenvalue weighted by molar-refractivity contribution is 5.99. The third kappa shape index (κ3) is 4.30. The van der Waals surface area contributed by atoms with E-state index in [1.807, 2.05) is 0 Å². The molecule has 27 heavy (non-hydrogen) atoms. The zero-order valence-electron chi connectivity index (χ0n) is 15.8. The molecule has 1 aromatic carbocycles. The van der Waals surface area contributed by atoms with Crippen LogP contribution in [-0.2, 0) is 19.1 Å². The van der Waals surface area contributed by atoms with Crippen molar-refractivity contribution in [1.29, 1.82) is 0 Å². The molecule has 0 amide bonds. The second kappa shape index (κ2) is 8.91. The molecule has 0 bridgehead atoms. The molecule has 0 saturated carbocycles. The average Bonchev–Trinajstić information content (AvgIpc) is 2.61. The molecule has 8 heteroatoms. The summed E-state index contributed by atoms with van der Waals surface area (Å²) < 4.78 is 10.4. The topological polar surface area (TPSA) is 113 Å². The van der Waals surface area contributed by atoms with E-state index in [1.165, 1.54) is 0 Å². The fraction of sp³-hybridized carbons (Fsp3) is 0.368. The Morgan fingerprint density at radius 1 is 1.11 bits per heavy atom. The summed E-state index contributed by atoms with van der Waals surface area (Å²) in [6, 6.07) is 6.77. The molecule has 2 rings (SSSR count). The van der Waals surface area contributed by atoms with E-state index < -0.39 is 17.9 Å². The largest absolute Gasteiger partial charge is 0.463 e. The lowest BCUT2D eigenvalue weighted by molar-refractivity contribution is -0.139. The Labute approximate surface area is 157 Å². The smallest absolute Gasteiger partial charge is 0.336 e. The minimum absolute atomic E-state index is 0.207. The fourth-order valence-electron chi connectivity index (χ4n) is 3.10. The number of rotatable bonds is 6. The number of hydrogen-bond acceptors (Lipinski definition) is 6. The zero-order valence-corrected chi connectivity index (χ0v) is 15.8. The Hall–Kier alpha value is -3.25. The molecule has 0 atom stereocenters. The standard InChI is InChI=1S/C19H22N4O4/c1-5-26-18(24)15-11(3)21-12(4)16(19(25)27-6-2)17(15)13-8-7-9-14(10-13)22-23-20/h7-10,17,21H,5-6H2,1-4H3. The first kappa shape index (κ1) is 20.1. The van der Waals surface area contributed by atoms with E-state index in [-0.39, 0.29) is 13.2 Å². The van der Waals surface area contributed by atoms with Gasteiger partial charge in [-0.25, -0.2) is 9.59 Å². The Kier molecular flexibility index (Phi) is 6.62. The van der Waals surface area contributed by atoms with E-state index in [4.69, 9.17) is 15.0 Å². The van der Waals surface area contributed by atoms with Gasteiger partial charge < -0.3 is 14.8 Å². The summed E-state index contributed by atoms with van der Waals surface area (Å²) in [6.45, 7) is 7.35. The molecule has 8 nitrogen and oxygen atoms in total. The number of benzene rings is 1. The van der Waals surface area contributed by atoms with Gasteiger partial charge in [-0.1, -0.05) is 23.3 Å². The van der Waals surface area contributed by atoms with Crippen molar-refractivity contribution >= 4 is 17.6 Å². The van der Waals surface area contributed by atoms with Gasteiger partial charge in [-0.05, 0) is 44.9 Å². The molecular formula is C19H22N4O4. The summed E-state index contributed by atoms with van der Waals surface area (Å²) in [7, 11) is 0. The third-order valence-corrected chi connectivity index (χ3v) is 4.11. The summed E-state index contributed by atoms with van der Waals surface area (Å²) in [6.07, 6.45) is 0. The number of nitrogens with one attached hydrogen (secondary N) is 1. The molecule has 0 spiro atoms. The predicted molar refractivity (Wildman–Crippen MR) is 99.8 cm³/mol. The molecule has 1 aliphatic heterocycles. The molecule has 0 aliphatic carbocycles. The maximum Gasteiger partial charge on any atom is 0.336 e. The molecule has 1 aliphatic rings. The quantitative estimate of drug-likeness (QED) is 0.352. The number of carbonyl (C=O) groups excluding carboxylic acids is 2. The van der Waals surface area contributed by atoms with Gasteiger partial charge in [0.25, 0.3) is 0 Å². The summed E-state index contributed by atoms with van der Waals surface area (Å²) in [5.41, 5.74) is 11.6. The second-order valence-electron chi connectivity index (χ2n) is 5.86. The zero-order chi connectivity index (χ0) is 20.0. The molecule has 142 valence electrons. The minimum atomic E-state index is -0.696. The van der Waals surface area contributed by atoms with Crippen LogP contribution in [0.25, 0.3) is 10.4 Å². The predicted octanol–water partition coefficient (Wildman–Crippen LogP) is 3.99. The number of ether oxygens (including phenoxy) is 2. The first-order chi connectivity index (χ1) is 12.9. The van der Waals surface area contributed by atoms with Crippen LogP contribution in [0.5, 0.6) is 0 Å². The van der Waals surface area contributed by atoms with Crippen molar-refractivity contribution < 1.29 is 19.1 Å². The van der Waals surface area contributed by atoms with Crippen molar-refractivity contribution in [3.05, 3.63) is 62.8 Å². The molecule has 0 unspecified atom stereocenters. The van der Waals surface area contributed by atoms with Crippen LogP contribution in [0.15, 0.2) is 51.9 Å². The van der Waals surface area contributed by atoms with Crippen molar-refractivity contribution in [2.75, 3.05) is 13.2 Å². The molecule has 0 radical (unpaired) electrons. The normalized spacial score (nSPS) is 14.4. The number of hydrogen-bond donors (Lipinski definition) is 1. The monoisotopic (exact) mass is 370 g/mol. The first-order valence-corrected chi connectivity index (χ1v) is 8.62. The van der Waals surface area contributed by atoms with E-state index in [1.54, 1.807) is 52.0 Å². The van der Waals surface area contributed by atoms with Crippen LogP contribution in [0.3, 0.4) is 0 Å². The Morgan fingerprint density at radius 3 is 2.15 bits per heavy atom. The number of allylic oxidation sites excluding steroid dienone is 2. The van der Waals surface area contributed by atoms with Crippen molar-refractivity contribution in [3.63, 3.8) is 0 Å². The van der Waals surface area contributed by atoms with Crippen molar-refractivity contribution in [2.45, 2.75) is 33.6 Å². The van der Waals surface area contributed by atoms with Crippen LogP contribution in [0.1, 0.15) is 39.2 Å². The lowest BCUT2D eigenvalue weighted by Gasteiger charge is -2.30. The lowest BCUT2D eigenvalue weighted by Crippen LogP contribution is -2.32. The second-order valence-corrected chi connectivity index (χ2v) is 5.86. The van der Waals surface area contributed by atoms with Crippen molar-refractivity contribution in [3.8, 4) is 0 Å². The number of esters is 2. The highest BCUT2D eigenvalue weighted by Gasteiger charge is 2.37. The Bertz CT molecular complexity index is 826. The molecular weight excluding hydrogens is 348 g/mol. The summed E-state index contributed by atoms with van der Waals surface area (Å²) in [4.78, 5) is 28.1. The van der Waals surface area contributed by atoms with Gasteiger partial charge in [0.1, 0.15) is 0 Å². The Morgan fingerprint density at radius 2 is 1.67 bits per heavy atom. The number of nitrogens with zero attached hydrogens (tertiary/aromatic N) is 3. The number of carbonyl (C=O) groups is 2. The fourth-order valence-corrected chi connectivity index (χ4v) is 3.10. The highest BCUT2D eigenvalue weighted by atomic mass is 16.5. The van der Waals surface area contributed by atoms with Gasteiger partial charge in [0, 0.05) is 22.0 Å². The van der Waals surface area contributed by atoms with E-state index in [0.29, 0.717) is 33.8 Å². The van der Waals surface area contributed by atoms with Crippen molar-refractivity contribution in [1.82, 2.24) is 5.32 Å². The highest BCUT2D eigenvalue weighted by Crippen LogP contribution is 2.40. The van der Waals surface area contributed by atoms with E-state index in [2.05, 4.69) is 15.3 Å². The molecule has 0 fully saturated rings. The molecule has 1 heterocycles. The summed E-state index contributed by atoms with van der Waals surface area (Å²) >= 11 is 0. The lowest BCUT2D eigenvalue weighted by atomic mass is 9.80. The van der Waals surface area contributed by atoms with Crippen LogP contribution < -0.4 is 5.32 Å². The Balaban J connectivity index is 2.68. The SMILES string of the molecule is CCOC(=O)C1=C(C)NC(C)=C(C(=O)OCC)C1c1cccc(N=[N+]=[N-])c1. The van der Waals surface area contributed by atoms with Gasteiger partial charge >= 0.3 is 11.9 Å². The van der Waals surface area contributed by atoms with Crippen LogP contribution in [0, 0.1) is 0 Å². The molecule has 0 saturated heterocycles. The molecule has 0 aromatic heterocycles. The van der Waals surface area contributed by atoms with Crippen molar-refractivity contribution in [2.24, 2.45) is 5.11 Å². The molecule has 1 aromatic rings. The van der Waals surface area contributed by atoms with Gasteiger partial charge in [0.2, 0.25) is 0 Å². The third-order valence-electron chi connectivity index (χ3n) is 4.11. The first-order valence-electron chi connectivity index (χ1n) is 8.62. The van der Waals surface area contributed by atoms with Crippen LogP contribution >= 0.6 is 0 Å². The minimum Gasteiger partial charge on any atom is -0.463 e. The number of azide groups is 1. The average molecular weight is 370 g/mol. The maximum atomic E-state index is 12.7. The summed E-state index contributed by atoms with van der Waals surface area (Å²) in [5, 5.41) is 6.69. The number of dihydropyridines is 1. The van der Waals surface area contributed by atoms with E-state index >= 15 is 0 Å². The van der Waals surface area contributed by atoms with E-state index in [9.17, 15) is 9.59 Å². The van der Waals surface area contributed by atoms with Gasteiger partial charge in [0.15, 0.2) is 0 Å². The summed E-state index contributed by atoms with van der Waals surface area (Å²) in [5.74, 6) is -1.73. The van der Waals surface area contributed by atoms with Crippen LogP contribution in [0.4, 0.5) is 5.69 Å². The van der Waals surface area contributed by atoms with Crippen LogP contribution in [-0.4, -0.2) is 25.2 Å². The van der Waals surface area contributed by atoms with Gasteiger partial charge in [-0.3, -0.25) is 0 Å². The van der Waals surface area contributed by atoms with Crippen LogP contribution in [0.2, 0.25) is 0 Å². The van der Waals surface area contributed by atoms with E-state index in [0.717, 1.165) is 0 Å². The van der Waals surface area contributed by atoms with Gasteiger partial charge in [0.05, 0.1) is 30.3 Å². The maximum absolute atomic E-state index is 12.7. The van der Waals surface area contributed by atoms with Gasteiger partial charge in [-0.2, -0.15) is 0 Å².